The fourth-order valence-corrected chi connectivity index (χ4v) is 0.320. The van der Waals surface area contributed by atoms with Gasteiger partial charge < -0.3 is 5.41 Å². The van der Waals surface area contributed by atoms with E-state index in [1.54, 1.807) is 20.0 Å². The monoisotopic (exact) mass is 124 g/mol. The highest BCUT2D eigenvalue weighted by molar-refractivity contribution is 6.00. The van der Waals surface area contributed by atoms with E-state index in [4.69, 9.17) is 5.41 Å². The van der Waals surface area contributed by atoms with Crippen LogP contribution in [0.1, 0.15) is 13.8 Å². The lowest BCUT2D eigenvalue weighted by molar-refractivity contribution is 1.43. The number of aliphatic imine (C=N–C) groups is 1. The Bertz CT molecular complexity index is 154. The van der Waals surface area contributed by atoms with E-state index in [-0.39, 0.29) is 0 Å². The van der Waals surface area contributed by atoms with Gasteiger partial charge in [0.05, 0.1) is 0 Å². The second kappa shape index (κ2) is 4.01. The summed E-state index contributed by atoms with van der Waals surface area (Å²) in [6, 6.07) is 0. The third-order valence-corrected chi connectivity index (χ3v) is 0.927. The molecular weight excluding hydrogens is 112 g/mol. The van der Waals surface area contributed by atoms with Crippen LogP contribution in [-0.4, -0.2) is 18.5 Å². The predicted molar refractivity (Wildman–Crippen MR) is 41.6 cm³/mol. The molecule has 0 rings (SSSR count). The summed E-state index contributed by atoms with van der Waals surface area (Å²) in [6.45, 7) is 3.64. The van der Waals surface area contributed by atoms with Crippen LogP contribution in [0.4, 0.5) is 0 Å². The molecule has 2 nitrogen and oxygen atoms in total. The summed E-state index contributed by atoms with van der Waals surface area (Å²) in [5.41, 5.74) is 1.50. The lowest BCUT2D eigenvalue weighted by Gasteiger charge is -1.85. The number of nitrogens with zero attached hydrogens (tertiary/aromatic N) is 1. The van der Waals surface area contributed by atoms with Crippen molar-refractivity contribution in [2.24, 2.45) is 4.99 Å². The Labute approximate surface area is 55.8 Å². The zero-order valence-electron chi connectivity index (χ0n) is 6.10. The Hall–Kier alpha value is -0.920. The van der Waals surface area contributed by atoms with Crippen LogP contribution >= 0.6 is 0 Å². The quantitative estimate of drug-likeness (QED) is 0.544. The Kier molecular flexibility index (Phi) is 3.60. The molecule has 9 heavy (non-hydrogen) atoms. The standard InChI is InChI=1S/C7H12N2/c1-6(8)4-5-7(2)9-3/h4-5,8H,1-3H3/b5-4-,8-6?,9-7?. The van der Waals surface area contributed by atoms with Gasteiger partial charge in [-0.1, -0.05) is 0 Å². The molecule has 1 N–H and O–H groups in total. The number of hydrogen-bond acceptors (Lipinski definition) is 2. The van der Waals surface area contributed by atoms with Crippen LogP contribution in [0.5, 0.6) is 0 Å². The van der Waals surface area contributed by atoms with Gasteiger partial charge in [-0.3, -0.25) is 4.99 Å². The molecule has 2 heteroatoms. The molecule has 0 unspecified atom stereocenters. The summed E-state index contributed by atoms with van der Waals surface area (Å²) in [7, 11) is 1.74. The van der Waals surface area contributed by atoms with E-state index >= 15 is 0 Å². The normalized spacial score (nSPS) is 12.6. The fraction of sp³-hybridized carbons (Fsp3) is 0.429. The topological polar surface area (TPSA) is 36.2 Å². The Morgan fingerprint density at radius 2 is 1.89 bits per heavy atom. The number of hydrogen-bond donors (Lipinski definition) is 1. The molecule has 0 aromatic carbocycles. The second-order valence-electron chi connectivity index (χ2n) is 1.88. The number of rotatable bonds is 2. The van der Waals surface area contributed by atoms with E-state index in [1.165, 1.54) is 0 Å². The van der Waals surface area contributed by atoms with Gasteiger partial charge in [-0.05, 0) is 26.0 Å². The minimum Gasteiger partial charge on any atom is -0.306 e. The molecule has 0 aromatic heterocycles. The maximum Gasteiger partial charge on any atom is 0.0314 e. The average molecular weight is 124 g/mol. The van der Waals surface area contributed by atoms with E-state index < -0.39 is 0 Å². The lowest BCUT2D eigenvalue weighted by atomic mass is 10.3. The largest absolute Gasteiger partial charge is 0.306 e. The van der Waals surface area contributed by atoms with E-state index in [9.17, 15) is 0 Å². The van der Waals surface area contributed by atoms with Gasteiger partial charge >= 0.3 is 0 Å². The zero-order chi connectivity index (χ0) is 7.28. The molecule has 0 heterocycles. The van der Waals surface area contributed by atoms with E-state index in [0.717, 1.165) is 5.71 Å². The Balaban J connectivity index is 3.86. The molecule has 0 fully saturated rings. The van der Waals surface area contributed by atoms with Crippen LogP contribution in [0.3, 0.4) is 0 Å². The number of nitrogens with one attached hydrogen (secondary N) is 1. The first-order valence-electron chi connectivity index (χ1n) is 2.83. The third kappa shape index (κ3) is 4.94. The highest BCUT2D eigenvalue weighted by Gasteiger charge is 1.78. The molecule has 0 aromatic rings. The zero-order valence-corrected chi connectivity index (χ0v) is 6.10. The van der Waals surface area contributed by atoms with Crippen molar-refractivity contribution < 1.29 is 0 Å². The molecular formula is C7H12N2. The van der Waals surface area contributed by atoms with Gasteiger partial charge in [0.1, 0.15) is 0 Å². The first kappa shape index (κ1) is 8.08. The molecule has 0 spiro atoms. The molecule has 0 amide bonds. The average Bonchev–Trinajstić information content (AvgIpc) is 1.83. The van der Waals surface area contributed by atoms with Crippen molar-refractivity contribution in [1.82, 2.24) is 0 Å². The van der Waals surface area contributed by atoms with Crippen LogP contribution in [0.15, 0.2) is 17.1 Å². The molecule has 0 aliphatic carbocycles. The van der Waals surface area contributed by atoms with E-state index in [0.29, 0.717) is 5.71 Å². The fourth-order valence-electron chi connectivity index (χ4n) is 0.320. The van der Waals surface area contributed by atoms with Crippen molar-refractivity contribution in [2.45, 2.75) is 13.8 Å². The van der Waals surface area contributed by atoms with E-state index in [2.05, 4.69) is 4.99 Å². The minimum absolute atomic E-state index is 0.554. The van der Waals surface area contributed by atoms with Gasteiger partial charge in [0, 0.05) is 18.5 Å². The maximum absolute atomic E-state index is 7.02. The van der Waals surface area contributed by atoms with E-state index in [1.807, 2.05) is 13.0 Å². The van der Waals surface area contributed by atoms with Crippen molar-refractivity contribution in [3.63, 3.8) is 0 Å². The van der Waals surface area contributed by atoms with Crippen molar-refractivity contribution in [1.29, 1.82) is 5.41 Å². The molecule has 0 bridgehead atoms. The minimum atomic E-state index is 0.554. The Morgan fingerprint density at radius 3 is 2.22 bits per heavy atom. The van der Waals surface area contributed by atoms with Gasteiger partial charge in [0.2, 0.25) is 0 Å². The lowest BCUT2D eigenvalue weighted by Crippen LogP contribution is -1.85. The third-order valence-electron chi connectivity index (χ3n) is 0.927. The summed E-state index contributed by atoms with van der Waals surface area (Å²) >= 11 is 0. The van der Waals surface area contributed by atoms with Gasteiger partial charge in [-0.15, -0.1) is 0 Å². The van der Waals surface area contributed by atoms with Crippen molar-refractivity contribution in [3.05, 3.63) is 12.2 Å². The maximum atomic E-state index is 7.02. The highest BCUT2D eigenvalue weighted by atomic mass is 14.7. The molecule has 50 valence electrons. The van der Waals surface area contributed by atoms with Crippen LogP contribution in [-0.2, 0) is 0 Å². The van der Waals surface area contributed by atoms with Gasteiger partial charge in [0.15, 0.2) is 0 Å². The molecule has 0 saturated carbocycles. The molecule has 0 radical (unpaired) electrons. The second-order valence-corrected chi connectivity index (χ2v) is 1.88. The molecule has 0 atom stereocenters. The molecule has 0 aliphatic rings. The first-order valence-corrected chi connectivity index (χ1v) is 2.83. The number of allylic oxidation sites excluding steroid dienone is 2. The summed E-state index contributed by atoms with van der Waals surface area (Å²) in [5.74, 6) is 0. The highest BCUT2D eigenvalue weighted by Crippen LogP contribution is 1.79. The summed E-state index contributed by atoms with van der Waals surface area (Å²) in [5, 5.41) is 7.02. The van der Waals surface area contributed by atoms with Crippen LogP contribution in [0, 0.1) is 5.41 Å². The van der Waals surface area contributed by atoms with Crippen molar-refractivity contribution >= 4 is 11.4 Å². The summed E-state index contributed by atoms with van der Waals surface area (Å²) < 4.78 is 0. The first-order chi connectivity index (χ1) is 4.16. The summed E-state index contributed by atoms with van der Waals surface area (Å²) in [4.78, 5) is 3.89. The SMILES string of the molecule is CN=C(C)/C=C\C(C)=N. The van der Waals surface area contributed by atoms with Gasteiger partial charge in [-0.25, -0.2) is 0 Å². The van der Waals surface area contributed by atoms with Crippen LogP contribution in [0.25, 0.3) is 0 Å². The van der Waals surface area contributed by atoms with Crippen molar-refractivity contribution in [3.8, 4) is 0 Å². The summed E-state index contributed by atoms with van der Waals surface area (Å²) in [6.07, 6.45) is 3.55. The Morgan fingerprint density at radius 1 is 1.33 bits per heavy atom. The van der Waals surface area contributed by atoms with Crippen molar-refractivity contribution in [2.75, 3.05) is 7.05 Å². The van der Waals surface area contributed by atoms with Crippen LogP contribution in [0.2, 0.25) is 0 Å². The molecule has 0 saturated heterocycles. The van der Waals surface area contributed by atoms with Gasteiger partial charge in [-0.2, -0.15) is 0 Å². The van der Waals surface area contributed by atoms with Crippen LogP contribution < -0.4 is 0 Å². The smallest absolute Gasteiger partial charge is 0.0314 e. The predicted octanol–water partition coefficient (Wildman–Crippen LogP) is 1.67. The van der Waals surface area contributed by atoms with Gasteiger partial charge in [0.25, 0.3) is 0 Å². The molecule has 0 aliphatic heterocycles.